The molecule has 0 aromatic carbocycles. The SMILES string of the molecule is CCCNC1CCC(c2c(Br)cnn2CC)C1. The van der Waals surface area contributed by atoms with Crippen molar-refractivity contribution in [3.05, 3.63) is 16.4 Å². The molecule has 96 valence electrons. The molecule has 1 aliphatic rings. The summed E-state index contributed by atoms with van der Waals surface area (Å²) in [6.07, 6.45) is 6.99. The van der Waals surface area contributed by atoms with Crippen molar-refractivity contribution in [2.45, 2.75) is 58.0 Å². The summed E-state index contributed by atoms with van der Waals surface area (Å²) in [4.78, 5) is 0. The quantitative estimate of drug-likeness (QED) is 0.904. The largest absolute Gasteiger partial charge is 0.314 e. The minimum atomic E-state index is 0.668. The van der Waals surface area contributed by atoms with Gasteiger partial charge in [0, 0.05) is 18.5 Å². The van der Waals surface area contributed by atoms with E-state index >= 15 is 0 Å². The molecule has 0 amide bonds. The molecule has 0 spiro atoms. The molecule has 4 heteroatoms. The second-order valence-electron chi connectivity index (χ2n) is 4.85. The molecule has 2 atom stereocenters. The van der Waals surface area contributed by atoms with Crippen molar-refractivity contribution in [2.75, 3.05) is 6.54 Å². The molecule has 1 aromatic heterocycles. The smallest absolute Gasteiger partial charge is 0.0635 e. The van der Waals surface area contributed by atoms with Crippen LogP contribution in [0.25, 0.3) is 0 Å². The van der Waals surface area contributed by atoms with Crippen LogP contribution < -0.4 is 5.32 Å². The fourth-order valence-electron chi connectivity index (χ4n) is 2.79. The second kappa shape index (κ2) is 6.01. The van der Waals surface area contributed by atoms with Crippen LogP contribution in [0.5, 0.6) is 0 Å². The Hall–Kier alpha value is -0.350. The Morgan fingerprint density at radius 3 is 3.00 bits per heavy atom. The Morgan fingerprint density at radius 1 is 1.47 bits per heavy atom. The first kappa shape index (κ1) is 13.1. The Balaban J connectivity index is 2.02. The van der Waals surface area contributed by atoms with E-state index in [0.29, 0.717) is 12.0 Å². The fraction of sp³-hybridized carbons (Fsp3) is 0.769. The summed E-state index contributed by atoms with van der Waals surface area (Å²) in [5.74, 6) is 0.668. The number of aryl methyl sites for hydroxylation is 1. The molecule has 2 rings (SSSR count). The van der Waals surface area contributed by atoms with Crippen LogP contribution in [0.4, 0.5) is 0 Å². The molecule has 0 radical (unpaired) electrons. The maximum absolute atomic E-state index is 4.42. The third-order valence-corrected chi connectivity index (χ3v) is 4.25. The van der Waals surface area contributed by atoms with Crippen LogP contribution in [0.1, 0.15) is 51.1 Å². The van der Waals surface area contributed by atoms with E-state index in [2.05, 4.69) is 44.9 Å². The normalized spacial score (nSPS) is 24.4. The molecule has 1 saturated carbocycles. The van der Waals surface area contributed by atoms with Gasteiger partial charge in [0.1, 0.15) is 0 Å². The van der Waals surface area contributed by atoms with Crippen LogP contribution in [-0.4, -0.2) is 22.4 Å². The van der Waals surface area contributed by atoms with E-state index in [1.54, 1.807) is 0 Å². The minimum absolute atomic E-state index is 0.668. The van der Waals surface area contributed by atoms with Crippen molar-refractivity contribution in [1.82, 2.24) is 15.1 Å². The van der Waals surface area contributed by atoms with Crippen LogP contribution in [0.2, 0.25) is 0 Å². The summed E-state index contributed by atoms with van der Waals surface area (Å²) in [6, 6.07) is 0.701. The molecular formula is C13H22BrN3. The fourth-order valence-corrected chi connectivity index (χ4v) is 3.41. The van der Waals surface area contributed by atoms with Crippen LogP contribution in [0.3, 0.4) is 0 Å². The molecule has 3 nitrogen and oxygen atoms in total. The van der Waals surface area contributed by atoms with Crippen LogP contribution in [0, 0.1) is 0 Å². The monoisotopic (exact) mass is 299 g/mol. The van der Waals surface area contributed by atoms with E-state index in [1.807, 2.05) is 6.20 Å². The van der Waals surface area contributed by atoms with Gasteiger partial charge in [-0.15, -0.1) is 0 Å². The van der Waals surface area contributed by atoms with Crippen molar-refractivity contribution in [3.8, 4) is 0 Å². The Labute approximate surface area is 112 Å². The van der Waals surface area contributed by atoms with Crippen LogP contribution in [0.15, 0.2) is 10.7 Å². The van der Waals surface area contributed by atoms with Gasteiger partial charge in [-0.25, -0.2) is 0 Å². The summed E-state index contributed by atoms with van der Waals surface area (Å²) in [7, 11) is 0. The third kappa shape index (κ3) is 2.91. The topological polar surface area (TPSA) is 29.9 Å². The van der Waals surface area contributed by atoms with Crippen LogP contribution >= 0.6 is 15.9 Å². The number of nitrogens with zero attached hydrogens (tertiary/aromatic N) is 2. The lowest BCUT2D eigenvalue weighted by Gasteiger charge is -2.14. The van der Waals surface area contributed by atoms with Gasteiger partial charge in [0.15, 0.2) is 0 Å². The highest BCUT2D eigenvalue weighted by molar-refractivity contribution is 9.10. The number of rotatable bonds is 5. The summed E-state index contributed by atoms with van der Waals surface area (Å²) < 4.78 is 3.32. The maximum atomic E-state index is 4.42. The third-order valence-electron chi connectivity index (χ3n) is 3.64. The van der Waals surface area contributed by atoms with Crippen molar-refractivity contribution in [1.29, 1.82) is 0 Å². The number of aromatic nitrogens is 2. The van der Waals surface area contributed by atoms with Crippen molar-refractivity contribution in [3.63, 3.8) is 0 Å². The predicted molar refractivity (Wildman–Crippen MR) is 74.3 cm³/mol. The molecule has 0 aliphatic heterocycles. The lowest BCUT2D eigenvalue weighted by Crippen LogP contribution is -2.27. The predicted octanol–water partition coefficient (Wildman–Crippen LogP) is 3.30. The maximum Gasteiger partial charge on any atom is 0.0635 e. The molecule has 1 N–H and O–H groups in total. The highest BCUT2D eigenvalue weighted by Gasteiger charge is 2.29. The Kier molecular flexibility index (Phi) is 4.62. The van der Waals surface area contributed by atoms with Gasteiger partial charge in [-0.3, -0.25) is 4.68 Å². The summed E-state index contributed by atoms with van der Waals surface area (Å²) in [6.45, 7) is 6.49. The van der Waals surface area contributed by atoms with Gasteiger partial charge in [-0.05, 0) is 55.1 Å². The summed E-state index contributed by atoms with van der Waals surface area (Å²) in [5, 5.41) is 8.05. The number of hydrogen-bond acceptors (Lipinski definition) is 2. The van der Waals surface area contributed by atoms with E-state index in [0.717, 1.165) is 13.1 Å². The van der Waals surface area contributed by atoms with Crippen molar-refractivity contribution >= 4 is 15.9 Å². The molecular weight excluding hydrogens is 278 g/mol. The lowest BCUT2D eigenvalue weighted by atomic mass is 10.0. The molecule has 0 bridgehead atoms. The van der Waals surface area contributed by atoms with Crippen molar-refractivity contribution < 1.29 is 0 Å². The zero-order valence-electron chi connectivity index (χ0n) is 10.7. The average Bonchev–Trinajstić information content (AvgIpc) is 2.92. The average molecular weight is 300 g/mol. The highest BCUT2D eigenvalue weighted by Crippen LogP contribution is 2.37. The molecule has 1 aromatic rings. The van der Waals surface area contributed by atoms with Gasteiger partial charge >= 0.3 is 0 Å². The Bertz CT molecular complexity index is 362. The molecule has 0 saturated heterocycles. The molecule has 2 unspecified atom stereocenters. The second-order valence-corrected chi connectivity index (χ2v) is 5.71. The molecule has 1 heterocycles. The minimum Gasteiger partial charge on any atom is -0.314 e. The van der Waals surface area contributed by atoms with Crippen LogP contribution in [-0.2, 0) is 6.54 Å². The van der Waals surface area contributed by atoms with E-state index in [9.17, 15) is 0 Å². The van der Waals surface area contributed by atoms with Gasteiger partial charge in [-0.2, -0.15) is 5.10 Å². The summed E-state index contributed by atoms with van der Waals surface area (Å²) in [5.41, 5.74) is 1.40. The Morgan fingerprint density at radius 2 is 2.29 bits per heavy atom. The number of nitrogens with one attached hydrogen (secondary N) is 1. The summed E-state index contributed by atoms with van der Waals surface area (Å²) >= 11 is 3.64. The van der Waals surface area contributed by atoms with Gasteiger partial charge in [0.2, 0.25) is 0 Å². The first-order chi connectivity index (χ1) is 8.26. The van der Waals surface area contributed by atoms with E-state index in [4.69, 9.17) is 0 Å². The van der Waals surface area contributed by atoms with E-state index in [-0.39, 0.29) is 0 Å². The molecule has 17 heavy (non-hydrogen) atoms. The zero-order valence-corrected chi connectivity index (χ0v) is 12.3. The molecule has 1 fully saturated rings. The standard InChI is InChI=1S/C13H22BrN3/c1-3-7-15-11-6-5-10(8-11)13-12(14)9-16-17(13)4-2/h9-11,15H,3-8H2,1-2H3. The number of halogens is 1. The van der Waals surface area contributed by atoms with Gasteiger partial charge in [0.05, 0.1) is 16.4 Å². The van der Waals surface area contributed by atoms with E-state index < -0.39 is 0 Å². The first-order valence-corrected chi connectivity index (χ1v) is 7.50. The van der Waals surface area contributed by atoms with E-state index in [1.165, 1.54) is 35.8 Å². The first-order valence-electron chi connectivity index (χ1n) is 6.70. The highest BCUT2D eigenvalue weighted by atomic mass is 79.9. The van der Waals surface area contributed by atoms with Gasteiger partial charge < -0.3 is 5.32 Å². The number of hydrogen-bond donors (Lipinski definition) is 1. The molecule has 1 aliphatic carbocycles. The van der Waals surface area contributed by atoms with Gasteiger partial charge in [-0.1, -0.05) is 6.92 Å². The lowest BCUT2D eigenvalue weighted by molar-refractivity contribution is 0.506. The van der Waals surface area contributed by atoms with Gasteiger partial charge in [0.25, 0.3) is 0 Å². The zero-order chi connectivity index (χ0) is 12.3. The van der Waals surface area contributed by atoms with Crippen molar-refractivity contribution in [2.24, 2.45) is 0 Å².